The molecule has 3 aliphatic rings. The molecule has 24 N–H and O–H groups in total. The lowest BCUT2D eigenvalue weighted by Gasteiger charge is -2.36. The quantitative estimate of drug-likeness (QED) is 0.0104. The molecule has 6 aromatic rings. The van der Waals surface area contributed by atoms with Gasteiger partial charge in [-0.3, -0.25) is 86.9 Å². The van der Waals surface area contributed by atoms with Gasteiger partial charge < -0.3 is 130 Å². The number of amides is 17. The van der Waals surface area contributed by atoms with E-state index >= 15 is 43.2 Å². The van der Waals surface area contributed by atoms with Crippen molar-refractivity contribution in [2.45, 2.75) is 221 Å². The summed E-state index contributed by atoms with van der Waals surface area (Å²) in [5.74, 6) is -18.4. The van der Waals surface area contributed by atoms with Crippen LogP contribution >= 0.6 is 11.8 Å². The number of unbranched alkanes of at least 4 members (excludes halogenated alkanes) is 2. The number of para-hydroxylation sites is 2. The minimum Gasteiger partial charge on any atom is -0.508 e. The summed E-state index contributed by atoms with van der Waals surface area (Å²) in [6, 6.07) is -2.65. The number of aromatic hydroxyl groups is 1. The van der Waals surface area contributed by atoms with Crippen LogP contribution in [0.4, 0.5) is 0 Å². The van der Waals surface area contributed by atoms with Gasteiger partial charge in [-0.2, -0.15) is 0 Å². The fraction of sp³-hybridized carbons (Fsp3) is 0.495. The van der Waals surface area contributed by atoms with Gasteiger partial charge in [0, 0.05) is 125 Å². The van der Waals surface area contributed by atoms with E-state index in [4.69, 9.17) is 22.6 Å². The Morgan fingerprint density at radius 3 is 1.70 bits per heavy atom. The molecule has 0 radical (unpaired) electrons. The van der Waals surface area contributed by atoms with Crippen molar-refractivity contribution in [3.8, 4) is 5.75 Å². The van der Waals surface area contributed by atoms with Crippen molar-refractivity contribution in [2.24, 2.45) is 23.1 Å². The summed E-state index contributed by atoms with van der Waals surface area (Å²) >= 11 is 0.750. The van der Waals surface area contributed by atoms with E-state index in [1.807, 2.05) is 0 Å². The Hall–Kier alpha value is -14.2. The third-order valence-corrected chi connectivity index (χ3v) is 25.5. The second kappa shape index (κ2) is 51.6. The summed E-state index contributed by atoms with van der Waals surface area (Å²) in [5.41, 5.74) is 19.7. The van der Waals surface area contributed by atoms with E-state index in [2.05, 4.69) is 91.6 Å². The number of phenols is 1. The maximum atomic E-state index is 15.8. The number of hydrogen-bond donors (Lipinski definition) is 21. The molecular weight excluding hydrogens is 1810 g/mol. The molecule has 746 valence electrons. The van der Waals surface area contributed by atoms with Crippen LogP contribution in [0.1, 0.15) is 127 Å². The summed E-state index contributed by atoms with van der Waals surface area (Å²) in [7, 11) is 3.84. The lowest BCUT2D eigenvalue weighted by atomic mass is 9.99. The number of aromatic nitrogens is 4. The third-order valence-electron chi connectivity index (χ3n) is 24.4. The number of imidazole rings is 1. The number of aliphatic hydroxyl groups excluding tert-OH is 2. The molecule has 3 aromatic heterocycles. The Balaban J connectivity index is 1.11. The zero-order valence-corrected chi connectivity index (χ0v) is 78.9. The highest BCUT2D eigenvalue weighted by Gasteiger charge is 2.47. The molecule has 3 aliphatic heterocycles. The number of likely N-dealkylation sites (N-methyl/N-ethyl adjacent to an activating group) is 3. The molecule has 45 heteroatoms. The van der Waals surface area contributed by atoms with E-state index < -0.39 is 241 Å². The minimum absolute atomic E-state index is 0.0126. The Bertz CT molecular complexity index is 5360. The van der Waals surface area contributed by atoms with E-state index in [0.717, 1.165) is 36.3 Å². The van der Waals surface area contributed by atoms with Gasteiger partial charge >= 0.3 is 0 Å². The van der Waals surface area contributed by atoms with Crippen LogP contribution in [0.15, 0.2) is 123 Å². The standard InChI is InChI=1S/C93H128N24O20S/c1-9-11-13-26-72-85(130)105-63(25-19-33-99-93(96)97)81(126)112-71(80(125)102-45-77(95)122)48-138-49-78(123)104-67(36-53-29-31-57(119)32-30-53)88(133)113(6)52(5)79(124)108-69(41-76(94)121)90(135)116-34-20-28-73(116)86(131)107-65(39-56-44-98-50-103-56)83(128)109-66(35-51(3)4)91(136)117-46-58(120)40-75(117)87(132)106-64(37-54-42-100-61-23-17-15-21-59(54)61)82(127)111-70(47-118)84(129)110-68(38-55-43-101-62-24-18-16-22-60(55)62)89(134)115(8)74(27-14-12-10-2)92(137)114(72)7/h9-10,15-18,21-24,29-32,42-44,50-52,58,63-75,100-101,118-120H,1-2,11-14,19-20,25-28,33-41,45-49H2,3-8H3,(H2,94,121)(H2,95,122)(H,98,103)(H,102,125)(H,104,123)(H,105,130)(H,106,132)(H,107,131)(H,108,124)(H,109,128)(H,110,129)(H,111,127)(H,112,126)(H4,96,97,99)/t52-,58+,63-,64-,65-,66-,67-,68-,69-,70-,71-,72-,73-,74-,75-/m0/s1. The van der Waals surface area contributed by atoms with E-state index in [1.54, 1.807) is 86.9 Å². The first-order valence-corrected chi connectivity index (χ1v) is 46.9. The first-order chi connectivity index (χ1) is 65.8. The van der Waals surface area contributed by atoms with E-state index in [1.165, 1.54) is 64.9 Å². The van der Waals surface area contributed by atoms with Gasteiger partial charge in [-0.15, -0.1) is 24.9 Å². The molecular formula is C93H128N24O20S. The normalized spacial score (nSPS) is 24.4. The fourth-order valence-corrected chi connectivity index (χ4v) is 17.8. The molecule has 0 saturated carbocycles. The molecule has 9 rings (SSSR count). The van der Waals surface area contributed by atoms with Crippen molar-refractivity contribution in [2.75, 3.05) is 65.4 Å². The monoisotopic (exact) mass is 1930 g/mol. The fourth-order valence-electron chi connectivity index (χ4n) is 16.9. The molecule has 3 aromatic carbocycles. The number of aromatic amines is 3. The first-order valence-electron chi connectivity index (χ1n) is 45.8. The number of nitrogens with two attached hydrogens (primary N) is 3. The number of nitrogens with zero attached hydrogens (tertiary/aromatic N) is 6. The highest BCUT2D eigenvalue weighted by Crippen LogP contribution is 2.28. The molecule has 3 fully saturated rings. The number of nitrogens with one attached hydrogen (secondary N) is 15. The smallest absolute Gasteiger partial charge is 0.246 e. The van der Waals surface area contributed by atoms with Gasteiger partial charge in [0.15, 0.2) is 5.96 Å². The van der Waals surface area contributed by atoms with Crippen molar-refractivity contribution in [3.05, 3.63) is 145 Å². The van der Waals surface area contributed by atoms with Gasteiger partial charge in [0.05, 0.1) is 37.8 Å². The van der Waals surface area contributed by atoms with Crippen molar-refractivity contribution in [3.63, 3.8) is 0 Å². The SMILES string of the molecule is C=CCCC[C@H]1C(=O)N(C)[C@@H](CCCC=C)C(=O)N[C@@H](CCCNC(=N)N)C(=O)N[C@H](C(=O)NCC(N)=O)CSCC(=O)N[C@@H](Cc2ccc(O)cc2)C(=O)N(C)[C@@H](C)C(=O)N[C@@H](CC(N)=O)C(=O)N2CCC[C@H]2C(=O)N[C@@H](Cc2cnc[nH]2)C(=O)N[C@@H](CC(C)C)C(=O)N2C[C@H](O)C[C@H]2C(=O)N[C@@H](Cc2c[nH]c3ccccc23)C(=O)N[C@@H](CO)C(=O)N[C@@H](Cc2c[nH]c3ccccc23)C(=O)N1C. The lowest BCUT2D eigenvalue weighted by molar-refractivity contribution is -0.149. The number of primary amides is 2. The molecule has 3 saturated heterocycles. The van der Waals surface area contributed by atoms with Crippen LogP contribution in [-0.2, 0) is 107 Å². The number of allylic oxidation sites excluding steroid dienone is 2. The number of thioether (sulfide) groups is 1. The molecule has 138 heavy (non-hydrogen) atoms. The summed E-state index contributed by atoms with van der Waals surface area (Å²) in [6.45, 7) is 9.95. The molecule has 17 amide bonds. The van der Waals surface area contributed by atoms with Crippen molar-refractivity contribution in [1.82, 2.24) is 103 Å². The van der Waals surface area contributed by atoms with Crippen LogP contribution in [0.25, 0.3) is 21.8 Å². The number of phenolic OH excluding ortho intramolecular Hbond substituents is 1. The van der Waals surface area contributed by atoms with E-state index in [0.29, 0.717) is 57.0 Å². The summed E-state index contributed by atoms with van der Waals surface area (Å²) in [4.78, 5) is 270. The second-order valence-electron chi connectivity index (χ2n) is 35.1. The number of rotatable bonds is 28. The van der Waals surface area contributed by atoms with Crippen LogP contribution in [0, 0.1) is 11.3 Å². The summed E-state index contributed by atoms with van der Waals surface area (Å²) in [5, 5.41) is 71.1. The lowest BCUT2D eigenvalue weighted by Crippen LogP contribution is -2.62. The van der Waals surface area contributed by atoms with Crippen LogP contribution in [-0.4, -0.2) is 322 Å². The number of hydrogen-bond acceptors (Lipinski definition) is 23. The zero-order chi connectivity index (χ0) is 101. The van der Waals surface area contributed by atoms with E-state index in [-0.39, 0.29) is 108 Å². The van der Waals surface area contributed by atoms with Gasteiger partial charge in [0.2, 0.25) is 100 Å². The molecule has 0 spiro atoms. The van der Waals surface area contributed by atoms with Crippen LogP contribution in [0.3, 0.4) is 0 Å². The average molecular weight is 1930 g/mol. The number of fused-ring (bicyclic) bond motifs is 4. The number of carbonyl (C=O) groups excluding carboxylic acids is 17. The molecule has 0 unspecified atom stereocenters. The first kappa shape index (κ1) is 107. The number of guanidine groups is 1. The largest absolute Gasteiger partial charge is 0.508 e. The number of carbonyl (C=O) groups is 17. The average Bonchev–Trinajstić information content (AvgIpc) is 1.64. The second-order valence-corrected chi connectivity index (χ2v) is 36.2. The third kappa shape index (κ3) is 30.1. The highest BCUT2D eigenvalue weighted by atomic mass is 32.2. The maximum Gasteiger partial charge on any atom is 0.246 e. The summed E-state index contributed by atoms with van der Waals surface area (Å²) in [6.07, 6.45) is 5.93. The molecule has 15 atom stereocenters. The van der Waals surface area contributed by atoms with E-state index in [9.17, 15) is 53.7 Å². The number of aliphatic hydroxyl groups is 2. The van der Waals surface area contributed by atoms with Crippen molar-refractivity contribution >= 4 is 140 Å². The molecule has 6 heterocycles. The van der Waals surface area contributed by atoms with Gasteiger partial charge in [-0.1, -0.05) is 74.5 Å². The molecule has 44 nitrogen and oxygen atoms in total. The summed E-state index contributed by atoms with van der Waals surface area (Å²) < 4.78 is 0. The number of benzene rings is 3. The Kier molecular flexibility index (Phi) is 40.2. The predicted molar refractivity (Wildman–Crippen MR) is 509 cm³/mol. The minimum atomic E-state index is -1.91. The number of H-pyrrole nitrogens is 3. The Morgan fingerprint density at radius 2 is 1.10 bits per heavy atom. The van der Waals surface area contributed by atoms with Crippen molar-refractivity contribution in [1.29, 1.82) is 5.41 Å². The van der Waals surface area contributed by atoms with Gasteiger partial charge in [0.1, 0.15) is 90.3 Å². The predicted octanol–water partition coefficient (Wildman–Crippen LogP) is -2.60. The van der Waals surface area contributed by atoms with Crippen LogP contribution < -0.4 is 75.7 Å². The van der Waals surface area contributed by atoms with Crippen LogP contribution in [0.2, 0.25) is 0 Å². The Labute approximate surface area is 801 Å². The van der Waals surface area contributed by atoms with Gasteiger partial charge in [0.25, 0.3) is 0 Å². The molecule has 0 bridgehead atoms. The van der Waals surface area contributed by atoms with Crippen molar-refractivity contribution < 1.29 is 96.8 Å². The van der Waals surface area contributed by atoms with Gasteiger partial charge in [-0.05, 0) is 124 Å². The molecule has 0 aliphatic carbocycles. The maximum absolute atomic E-state index is 15.8. The van der Waals surface area contributed by atoms with Gasteiger partial charge in [-0.25, -0.2) is 4.98 Å². The Morgan fingerprint density at radius 1 is 0.565 bits per heavy atom. The topological polar surface area (TPSA) is 662 Å². The zero-order valence-electron chi connectivity index (χ0n) is 78.1. The highest BCUT2D eigenvalue weighted by molar-refractivity contribution is 8.00. The van der Waals surface area contributed by atoms with Crippen LogP contribution in [0.5, 0.6) is 5.75 Å².